The smallest absolute Gasteiger partial charge is 0.310 e. The Labute approximate surface area is 129 Å². The SMILES string of the molecule is CCOC(=O)C1CCCN(C(=O)c2ccc(Cl)c(N)c2)C1. The van der Waals surface area contributed by atoms with Gasteiger partial charge in [-0.15, -0.1) is 0 Å². The molecule has 114 valence electrons. The molecule has 0 aromatic heterocycles. The Morgan fingerprint density at radius 3 is 2.90 bits per heavy atom. The highest BCUT2D eigenvalue weighted by Crippen LogP contribution is 2.23. The second kappa shape index (κ2) is 6.80. The maximum absolute atomic E-state index is 12.5. The molecule has 0 aliphatic carbocycles. The topological polar surface area (TPSA) is 72.6 Å². The van der Waals surface area contributed by atoms with Gasteiger partial charge in [0.1, 0.15) is 0 Å². The second-order valence-electron chi connectivity index (χ2n) is 5.08. The van der Waals surface area contributed by atoms with E-state index in [0.717, 1.165) is 12.8 Å². The minimum Gasteiger partial charge on any atom is -0.466 e. The van der Waals surface area contributed by atoms with Crippen molar-refractivity contribution in [1.82, 2.24) is 4.90 Å². The van der Waals surface area contributed by atoms with Crippen LogP contribution < -0.4 is 5.73 Å². The molecule has 2 rings (SSSR count). The number of nitrogens with two attached hydrogens (primary N) is 1. The van der Waals surface area contributed by atoms with E-state index in [1.165, 1.54) is 0 Å². The summed E-state index contributed by atoms with van der Waals surface area (Å²) in [5, 5.41) is 0.426. The zero-order valence-electron chi connectivity index (χ0n) is 12.0. The van der Waals surface area contributed by atoms with E-state index < -0.39 is 0 Å². The minimum absolute atomic E-state index is 0.132. The van der Waals surface area contributed by atoms with Crippen LogP contribution in [0.3, 0.4) is 0 Å². The van der Waals surface area contributed by atoms with Gasteiger partial charge in [0, 0.05) is 18.7 Å². The van der Waals surface area contributed by atoms with E-state index in [1.807, 2.05) is 0 Å². The highest BCUT2D eigenvalue weighted by Gasteiger charge is 2.29. The average molecular weight is 311 g/mol. The van der Waals surface area contributed by atoms with E-state index in [1.54, 1.807) is 30.0 Å². The Morgan fingerprint density at radius 1 is 1.48 bits per heavy atom. The van der Waals surface area contributed by atoms with E-state index >= 15 is 0 Å². The van der Waals surface area contributed by atoms with E-state index in [9.17, 15) is 9.59 Å². The Balaban J connectivity index is 2.08. The Morgan fingerprint density at radius 2 is 2.24 bits per heavy atom. The molecule has 1 aromatic carbocycles. The van der Waals surface area contributed by atoms with Gasteiger partial charge in [-0.3, -0.25) is 9.59 Å². The summed E-state index contributed by atoms with van der Waals surface area (Å²) in [6.07, 6.45) is 1.55. The average Bonchev–Trinajstić information content (AvgIpc) is 2.49. The van der Waals surface area contributed by atoms with Crippen LogP contribution in [0.2, 0.25) is 5.02 Å². The number of hydrogen-bond acceptors (Lipinski definition) is 4. The first-order valence-corrected chi connectivity index (χ1v) is 7.41. The number of piperidine rings is 1. The van der Waals surface area contributed by atoms with E-state index in [0.29, 0.717) is 36.0 Å². The molecule has 1 aliphatic heterocycles. The lowest BCUT2D eigenvalue weighted by Crippen LogP contribution is -2.42. The van der Waals surface area contributed by atoms with Crippen molar-refractivity contribution in [1.29, 1.82) is 0 Å². The molecule has 1 aromatic rings. The van der Waals surface area contributed by atoms with E-state index in [2.05, 4.69) is 0 Å². The van der Waals surface area contributed by atoms with Gasteiger partial charge in [-0.1, -0.05) is 11.6 Å². The van der Waals surface area contributed by atoms with Crippen molar-refractivity contribution in [3.63, 3.8) is 0 Å². The summed E-state index contributed by atoms with van der Waals surface area (Å²) in [6.45, 7) is 3.16. The summed E-state index contributed by atoms with van der Waals surface area (Å²) >= 11 is 5.86. The van der Waals surface area contributed by atoms with E-state index in [4.69, 9.17) is 22.1 Å². The van der Waals surface area contributed by atoms with Gasteiger partial charge in [-0.2, -0.15) is 0 Å². The molecule has 0 radical (unpaired) electrons. The fourth-order valence-electron chi connectivity index (χ4n) is 2.47. The Bertz CT molecular complexity index is 548. The van der Waals surface area contributed by atoms with Gasteiger partial charge in [0.15, 0.2) is 0 Å². The van der Waals surface area contributed by atoms with Crippen LogP contribution in [0.1, 0.15) is 30.1 Å². The summed E-state index contributed by atoms with van der Waals surface area (Å²) in [5.74, 6) is -0.606. The quantitative estimate of drug-likeness (QED) is 0.687. The van der Waals surface area contributed by atoms with Crippen molar-refractivity contribution < 1.29 is 14.3 Å². The minimum atomic E-state index is -0.243. The first-order chi connectivity index (χ1) is 10.0. The van der Waals surface area contributed by atoms with Gasteiger partial charge in [0.25, 0.3) is 5.91 Å². The van der Waals surface area contributed by atoms with Crippen molar-refractivity contribution in [2.75, 3.05) is 25.4 Å². The van der Waals surface area contributed by atoms with Gasteiger partial charge >= 0.3 is 5.97 Å². The van der Waals surface area contributed by atoms with Crippen LogP contribution >= 0.6 is 11.6 Å². The Kier molecular flexibility index (Phi) is 5.07. The summed E-state index contributed by atoms with van der Waals surface area (Å²) in [7, 11) is 0. The molecule has 1 heterocycles. The number of rotatable bonds is 3. The lowest BCUT2D eigenvalue weighted by atomic mass is 9.97. The van der Waals surface area contributed by atoms with Gasteiger partial charge in [-0.25, -0.2) is 0 Å². The van der Waals surface area contributed by atoms with Gasteiger partial charge in [-0.05, 0) is 38.0 Å². The number of likely N-dealkylation sites (tertiary alicyclic amines) is 1. The third kappa shape index (κ3) is 3.67. The van der Waals surface area contributed by atoms with Crippen LogP contribution in [-0.2, 0) is 9.53 Å². The molecule has 1 saturated heterocycles. The number of halogens is 1. The molecule has 2 N–H and O–H groups in total. The van der Waals surface area contributed by atoms with Crippen LogP contribution in [0.25, 0.3) is 0 Å². The van der Waals surface area contributed by atoms with Crippen LogP contribution in [-0.4, -0.2) is 36.5 Å². The molecule has 0 bridgehead atoms. The Hall–Kier alpha value is -1.75. The standard InChI is InChI=1S/C15H19ClN2O3/c1-2-21-15(20)11-4-3-7-18(9-11)14(19)10-5-6-12(16)13(17)8-10/h5-6,8,11H,2-4,7,9,17H2,1H3. The molecule has 5 nitrogen and oxygen atoms in total. The predicted octanol–water partition coefficient (Wildman–Crippen LogP) is 2.34. The normalized spacial score (nSPS) is 18.4. The number of ether oxygens (including phenoxy) is 1. The number of nitrogen functional groups attached to an aromatic ring is 1. The molecular formula is C15H19ClN2O3. The maximum atomic E-state index is 12.5. The fraction of sp³-hybridized carbons (Fsp3) is 0.467. The molecule has 0 saturated carbocycles. The molecule has 6 heteroatoms. The largest absolute Gasteiger partial charge is 0.466 e. The third-order valence-electron chi connectivity index (χ3n) is 3.57. The van der Waals surface area contributed by atoms with Gasteiger partial charge < -0.3 is 15.4 Å². The molecule has 1 atom stereocenters. The molecule has 1 aliphatic rings. The molecule has 1 fully saturated rings. The predicted molar refractivity (Wildman–Crippen MR) is 81.1 cm³/mol. The third-order valence-corrected chi connectivity index (χ3v) is 3.92. The van der Waals surface area contributed by atoms with Crippen molar-refractivity contribution in [3.8, 4) is 0 Å². The molecule has 0 spiro atoms. The highest BCUT2D eigenvalue weighted by molar-refractivity contribution is 6.33. The number of hydrogen-bond donors (Lipinski definition) is 1. The zero-order chi connectivity index (χ0) is 15.4. The molecular weight excluding hydrogens is 292 g/mol. The monoisotopic (exact) mass is 310 g/mol. The first kappa shape index (κ1) is 15.6. The maximum Gasteiger partial charge on any atom is 0.310 e. The summed E-state index contributed by atoms with van der Waals surface area (Å²) in [5.41, 5.74) is 6.59. The van der Waals surface area contributed by atoms with Gasteiger partial charge in [0.2, 0.25) is 0 Å². The fourth-order valence-corrected chi connectivity index (χ4v) is 2.59. The van der Waals surface area contributed by atoms with Crippen molar-refractivity contribution >= 4 is 29.2 Å². The summed E-state index contributed by atoms with van der Waals surface area (Å²) in [6, 6.07) is 4.82. The second-order valence-corrected chi connectivity index (χ2v) is 5.49. The van der Waals surface area contributed by atoms with Crippen molar-refractivity contribution in [2.24, 2.45) is 5.92 Å². The number of nitrogens with zero attached hydrogens (tertiary/aromatic N) is 1. The van der Waals surface area contributed by atoms with Crippen molar-refractivity contribution in [3.05, 3.63) is 28.8 Å². The van der Waals surface area contributed by atoms with Gasteiger partial charge in [0.05, 0.1) is 23.2 Å². The van der Waals surface area contributed by atoms with Crippen molar-refractivity contribution in [2.45, 2.75) is 19.8 Å². The lowest BCUT2D eigenvalue weighted by Gasteiger charge is -2.31. The number of amides is 1. The number of carbonyl (C=O) groups is 2. The number of esters is 1. The molecule has 21 heavy (non-hydrogen) atoms. The van der Waals surface area contributed by atoms with Crippen LogP contribution in [0.5, 0.6) is 0 Å². The molecule has 1 amide bonds. The van der Waals surface area contributed by atoms with Crippen LogP contribution in [0.4, 0.5) is 5.69 Å². The zero-order valence-corrected chi connectivity index (χ0v) is 12.7. The number of anilines is 1. The number of carbonyl (C=O) groups excluding carboxylic acids is 2. The highest BCUT2D eigenvalue weighted by atomic mass is 35.5. The lowest BCUT2D eigenvalue weighted by molar-refractivity contribution is -0.149. The van der Waals surface area contributed by atoms with Crippen LogP contribution in [0, 0.1) is 5.92 Å². The molecule has 1 unspecified atom stereocenters. The number of benzene rings is 1. The first-order valence-electron chi connectivity index (χ1n) is 7.04. The van der Waals surface area contributed by atoms with E-state index in [-0.39, 0.29) is 17.8 Å². The summed E-state index contributed by atoms with van der Waals surface area (Å²) < 4.78 is 5.04. The van der Waals surface area contributed by atoms with Crippen LogP contribution in [0.15, 0.2) is 18.2 Å². The summed E-state index contributed by atoms with van der Waals surface area (Å²) in [4.78, 5) is 25.9.